The van der Waals surface area contributed by atoms with Crippen LogP contribution in [0.1, 0.15) is 11.4 Å². The Labute approximate surface area is 132 Å². The Hall–Kier alpha value is -2.22. The van der Waals surface area contributed by atoms with Gasteiger partial charge in [-0.15, -0.1) is 10.2 Å². The molecule has 0 amide bonds. The van der Waals surface area contributed by atoms with E-state index in [0.29, 0.717) is 22.5 Å². The second kappa shape index (κ2) is 7.17. The Morgan fingerprint density at radius 2 is 2.14 bits per heavy atom. The number of nitrogens with zero attached hydrogens (tertiary/aromatic N) is 3. The second-order valence-electron chi connectivity index (χ2n) is 4.58. The van der Waals surface area contributed by atoms with Gasteiger partial charge in [-0.2, -0.15) is 0 Å². The summed E-state index contributed by atoms with van der Waals surface area (Å²) >= 11 is 1.12. The van der Waals surface area contributed by atoms with Crippen LogP contribution >= 0.6 is 11.8 Å². The largest absolute Gasteiger partial charge is 0.493 e. The zero-order chi connectivity index (χ0) is 16.1. The molecule has 7 nitrogen and oxygen atoms in total. The predicted octanol–water partition coefficient (Wildman–Crippen LogP) is 1.89. The number of aryl methyl sites for hydroxylation is 1. The van der Waals surface area contributed by atoms with Crippen LogP contribution in [0.3, 0.4) is 0 Å². The van der Waals surface area contributed by atoms with Crippen LogP contribution in [0.25, 0.3) is 0 Å². The maximum atomic E-state index is 10.6. The molecule has 118 valence electrons. The zero-order valence-electron chi connectivity index (χ0n) is 12.6. The summed E-state index contributed by atoms with van der Waals surface area (Å²) < 4.78 is 12.7. The second-order valence-corrected chi connectivity index (χ2v) is 5.53. The average Bonchev–Trinajstić information content (AvgIpc) is 2.84. The molecule has 2 aromatic rings. The molecule has 8 heteroatoms. The number of rotatable bonds is 7. The molecule has 1 aromatic heterocycles. The molecule has 0 unspecified atom stereocenters. The highest BCUT2D eigenvalue weighted by atomic mass is 32.2. The summed E-state index contributed by atoms with van der Waals surface area (Å²) in [4.78, 5) is 10.6. The molecule has 0 saturated heterocycles. The molecule has 1 N–H and O–H groups in total. The summed E-state index contributed by atoms with van der Waals surface area (Å²) in [6.45, 7) is 2.19. The van der Waals surface area contributed by atoms with E-state index in [9.17, 15) is 4.79 Å². The highest BCUT2D eigenvalue weighted by Gasteiger charge is 2.12. The van der Waals surface area contributed by atoms with Crippen molar-refractivity contribution >= 4 is 17.7 Å². The molecule has 0 aliphatic rings. The third-order valence-corrected chi connectivity index (χ3v) is 3.93. The quantitative estimate of drug-likeness (QED) is 0.779. The van der Waals surface area contributed by atoms with Gasteiger partial charge in [-0.1, -0.05) is 17.8 Å². The SMILES string of the molecule is COc1cc(C)ccc1OCc1nnc(SCC(=O)O)n1C. The van der Waals surface area contributed by atoms with E-state index in [0.717, 1.165) is 17.3 Å². The summed E-state index contributed by atoms with van der Waals surface area (Å²) in [5, 5.41) is 17.2. The number of aromatic nitrogens is 3. The first kappa shape index (κ1) is 16.2. The zero-order valence-corrected chi connectivity index (χ0v) is 13.4. The number of ether oxygens (including phenoxy) is 2. The molecule has 1 heterocycles. The van der Waals surface area contributed by atoms with Crippen LogP contribution in [0.15, 0.2) is 23.4 Å². The lowest BCUT2D eigenvalue weighted by molar-refractivity contribution is -0.133. The van der Waals surface area contributed by atoms with Gasteiger partial charge in [0.05, 0.1) is 12.9 Å². The van der Waals surface area contributed by atoms with Crippen LogP contribution in [0.2, 0.25) is 0 Å². The molecule has 0 spiro atoms. The van der Waals surface area contributed by atoms with Crippen LogP contribution in [0.4, 0.5) is 0 Å². The van der Waals surface area contributed by atoms with E-state index in [-0.39, 0.29) is 12.4 Å². The first-order chi connectivity index (χ1) is 10.5. The van der Waals surface area contributed by atoms with E-state index in [2.05, 4.69) is 10.2 Å². The van der Waals surface area contributed by atoms with Crippen LogP contribution in [-0.4, -0.2) is 38.7 Å². The minimum absolute atomic E-state index is 0.0569. The Balaban J connectivity index is 2.04. The summed E-state index contributed by atoms with van der Waals surface area (Å²) in [6.07, 6.45) is 0. The van der Waals surface area contributed by atoms with Crippen molar-refractivity contribution in [2.24, 2.45) is 7.05 Å². The van der Waals surface area contributed by atoms with Gasteiger partial charge in [0.25, 0.3) is 0 Å². The van der Waals surface area contributed by atoms with Crippen molar-refractivity contribution in [1.82, 2.24) is 14.8 Å². The van der Waals surface area contributed by atoms with Gasteiger partial charge in [-0.05, 0) is 24.6 Å². The number of thioether (sulfide) groups is 1. The fourth-order valence-corrected chi connectivity index (χ4v) is 2.41. The van der Waals surface area contributed by atoms with Crippen molar-refractivity contribution in [3.63, 3.8) is 0 Å². The number of hydrogen-bond donors (Lipinski definition) is 1. The van der Waals surface area contributed by atoms with E-state index in [1.807, 2.05) is 25.1 Å². The maximum absolute atomic E-state index is 10.6. The highest BCUT2D eigenvalue weighted by molar-refractivity contribution is 7.99. The van der Waals surface area contributed by atoms with Crippen molar-refractivity contribution in [2.75, 3.05) is 12.9 Å². The molecule has 0 aliphatic carbocycles. The number of carboxylic acids is 1. The summed E-state index contributed by atoms with van der Waals surface area (Å²) in [5.74, 6) is 0.933. The van der Waals surface area contributed by atoms with Crippen molar-refractivity contribution < 1.29 is 19.4 Å². The molecule has 0 aliphatic heterocycles. The van der Waals surface area contributed by atoms with Gasteiger partial charge in [-0.25, -0.2) is 0 Å². The Morgan fingerprint density at radius 1 is 1.36 bits per heavy atom. The van der Waals surface area contributed by atoms with Crippen molar-refractivity contribution in [1.29, 1.82) is 0 Å². The molecule has 1 aromatic carbocycles. The van der Waals surface area contributed by atoms with Crippen molar-refractivity contribution in [2.45, 2.75) is 18.7 Å². The molecular formula is C14H17N3O4S. The van der Waals surface area contributed by atoms with Gasteiger partial charge >= 0.3 is 5.97 Å². The normalized spacial score (nSPS) is 10.5. The topological polar surface area (TPSA) is 86.5 Å². The smallest absolute Gasteiger partial charge is 0.313 e. The van der Waals surface area contributed by atoms with E-state index in [4.69, 9.17) is 14.6 Å². The van der Waals surface area contributed by atoms with Crippen molar-refractivity contribution in [3.05, 3.63) is 29.6 Å². The third kappa shape index (κ3) is 3.91. The summed E-state index contributed by atoms with van der Waals surface area (Å²) in [5.41, 5.74) is 1.08. The first-order valence-electron chi connectivity index (χ1n) is 6.51. The lowest BCUT2D eigenvalue weighted by Crippen LogP contribution is -2.06. The van der Waals surface area contributed by atoms with E-state index < -0.39 is 5.97 Å². The molecule has 0 radical (unpaired) electrons. The lowest BCUT2D eigenvalue weighted by Gasteiger charge is -2.11. The van der Waals surface area contributed by atoms with Gasteiger partial charge in [0, 0.05) is 7.05 Å². The van der Waals surface area contributed by atoms with Crippen LogP contribution in [-0.2, 0) is 18.4 Å². The molecular weight excluding hydrogens is 306 g/mol. The average molecular weight is 323 g/mol. The number of carboxylic acid groups (broad SMARTS) is 1. The maximum Gasteiger partial charge on any atom is 0.313 e. The van der Waals surface area contributed by atoms with E-state index in [1.165, 1.54) is 0 Å². The minimum Gasteiger partial charge on any atom is -0.493 e. The molecule has 0 atom stereocenters. The highest BCUT2D eigenvalue weighted by Crippen LogP contribution is 2.28. The van der Waals surface area contributed by atoms with Crippen LogP contribution in [0.5, 0.6) is 11.5 Å². The molecule has 0 saturated carbocycles. The molecule has 22 heavy (non-hydrogen) atoms. The standard InChI is InChI=1S/C14H17N3O4S/c1-9-4-5-10(11(6-9)20-3)21-7-12-15-16-14(17(12)2)22-8-13(18)19/h4-6H,7-8H2,1-3H3,(H,18,19). The van der Waals surface area contributed by atoms with Crippen LogP contribution < -0.4 is 9.47 Å². The Kier molecular flexibility index (Phi) is 5.26. The Morgan fingerprint density at radius 3 is 2.82 bits per heavy atom. The van der Waals surface area contributed by atoms with Gasteiger partial charge in [0.2, 0.25) is 0 Å². The molecule has 0 fully saturated rings. The molecule has 0 bridgehead atoms. The number of benzene rings is 1. The van der Waals surface area contributed by atoms with Gasteiger partial charge in [0.15, 0.2) is 22.5 Å². The van der Waals surface area contributed by atoms with Crippen LogP contribution in [0, 0.1) is 6.92 Å². The predicted molar refractivity (Wildman–Crippen MR) is 81.4 cm³/mol. The van der Waals surface area contributed by atoms with E-state index >= 15 is 0 Å². The number of hydrogen-bond acceptors (Lipinski definition) is 6. The lowest BCUT2D eigenvalue weighted by atomic mass is 10.2. The van der Waals surface area contributed by atoms with Gasteiger partial charge < -0.3 is 19.1 Å². The number of carbonyl (C=O) groups is 1. The third-order valence-electron chi connectivity index (χ3n) is 2.93. The monoisotopic (exact) mass is 323 g/mol. The van der Waals surface area contributed by atoms with Crippen molar-refractivity contribution in [3.8, 4) is 11.5 Å². The minimum atomic E-state index is -0.893. The van der Waals surface area contributed by atoms with Gasteiger partial charge in [-0.3, -0.25) is 4.79 Å². The summed E-state index contributed by atoms with van der Waals surface area (Å²) in [7, 11) is 3.36. The fraction of sp³-hybridized carbons (Fsp3) is 0.357. The Bertz CT molecular complexity index is 672. The first-order valence-corrected chi connectivity index (χ1v) is 7.50. The fourth-order valence-electron chi connectivity index (χ4n) is 1.76. The summed E-state index contributed by atoms with van der Waals surface area (Å²) in [6, 6.07) is 5.66. The van der Waals surface area contributed by atoms with Gasteiger partial charge in [0.1, 0.15) is 6.61 Å². The number of methoxy groups -OCH3 is 1. The number of aliphatic carboxylic acids is 1. The van der Waals surface area contributed by atoms with E-state index in [1.54, 1.807) is 18.7 Å². The molecule has 2 rings (SSSR count).